The first-order valence-electron chi connectivity index (χ1n) is 9.31. The van der Waals surface area contributed by atoms with Crippen molar-refractivity contribution in [3.63, 3.8) is 0 Å². The number of carbonyl (C=O) groups excluding carboxylic acids is 2. The van der Waals surface area contributed by atoms with E-state index in [1.54, 1.807) is 17.0 Å². The smallest absolute Gasteiger partial charge is 0.273 e. The average Bonchev–Trinajstić information content (AvgIpc) is 3.48. The number of aromatic nitrogens is 3. The fourth-order valence-corrected chi connectivity index (χ4v) is 4.08. The second-order valence-electron chi connectivity index (χ2n) is 6.92. The van der Waals surface area contributed by atoms with E-state index >= 15 is 0 Å². The largest absolute Gasteiger partial charge is 0.347 e. The molecule has 0 radical (unpaired) electrons. The third-order valence-corrected chi connectivity index (χ3v) is 5.68. The van der Waals surface area contributed by atoms with Crippen LogP contribution in [0.2, 0.25) is 0 Å². The van der Waals surface area contributed by atoms with Crippen LogP contribution in [0.15, 0.2) is 54.0 Å². The number of carbonyl (C=O) groups is 2. The number of nitrogens with zero attached hydrogens (tertiary/aromatic N) is 4. The molecule has 29 heavy (non-hydrogen) atoms. The first kappa shape index (κ1) is 19.3. The molecular formula is C20H20FN5O2S. The molecule has 4 rings (SSSR count). The maximum Gasteiger partial charge on any atom is 0.273 e. The molecule has 9 heteroatoms. The van der Waals surface area contributed by atoms with Gasteiger partial charge in [0.25, 0.3) is 11.8 Å². The molecule has 150 valence electrons. The van der Waals surface area contributed by atoms with Gasteiger partial charge < -0.3 is 10.2 Å². The Morgan fingerprint density at radius 1 is 1.21 bits per heavy atom. The molecular weight excluding hydrogens is 393 g/mol. The van der Waals surface area contributed by atoms with Crippen LogP contribution in [0.25, 0.3) is 0 Å². The number of halogens is 1. The van der Waals surface area contributed by atoms with Crippen molar-refractivity contribution in [2.45, 2.75) is 31.7 Å². The van der Waals surface area contributed by atoms with Crippen molar-refractivity contribution in [1.82, 2.24) is 25.2 Å². The van der Waals surface area contributed by atoms with Gasteiger partial charge in [-0.25, -0.2) is 9.07 Å². The van der Waals surface area contributed by atoms with Gasteiger partial charge in [-0.3, -0.25) is 9.59 Å². The highest BCUT2D eigenvalue weighted by molar-refractivity contribution is 7.12. The number of nitrogens with one attached hydrogen (secondary N) is 1. The van der Waals surface area contributed by atoms with E-state index < -0.39 is 6.17 Å². The van der Waals surface area contributed by atoms with E-state index in [2.05, 4.69) is 15.6 Å². The highest BCUT2D eigenvalue weighted by Gasteiger charge is 2.36. The predicted octanol–water partition coefficient (Wildman–Crippen LogP) is 2.52. The number of likely N-dealkylation sites (tertiary alicyclic amines) is 1. The molecule has 1 aliphatic rings. The number of amides is 2. The Balaban J connectivity index is 1.38. The SMILES string of the molecule is O=C(NCc1ccccc1)c1cn(C[C@@H]2C[C@H](F)CN2C(=O)c2cccs2)nn1. The van der Waals surface area contributed by atoms with Gasteiger partial charge in [0.1, 0.15) is 6.17 Å². The van der Waals surface area contributed by atoms with Crippen LogP contribution < -0.4 is 5.32 Å². The summed E-state index contributed by atoms with van der Waals surface area (Å²) in [5.41, 5.74) is 1.17. The van der Waals surface area contributed by atoms with Crippen LogP contribution in [0.5, 0.6) is 0 Å². The molecule has 0 spiro atoms. The van der Waals surface area contributed by atoms with E-state index in [4.69, 9.17) is 0 Å². The minimum absolute atomic E-state index is 0.0700. The van der Waals surface area contributed by atoms with E-state index in [1.165, 1.54) is 22.2 Å². The molecule has 1 aliphatic heterocycles. The summed E-state index contributed by atoms with van der Waals surface area (Å²) in [6, 6.07) is 12.8. The maximum absolute atomic E-state index is 14.0. The maximum atomic E-state index is 14.0. The Bertz CT molecular complexity index is 976. The lowest BCUT2D eigenvalue weighted by Crippen LogP contribution is -2.38. The highest BCUT2D eigenvalue weighted by atomic mass is 32.1. The quantitative estimate of drug-likeness (QED) is 0.673. The lowest BCUT2D eigenvalue weighted by molar-refractivity contribution is 0.0719. The molecule has 1 aromatic carbocycles. The molecule has 3 heterocycles. The van der Waals surface area contributed by atoms with E-state index in [1.807, 2.05) is 35.7 Å². The molecule has 1 N–H and O–H groups in total. The average molecular weight is 413 g/mol. The van der Waals surface area contributed by atoms with Gasteiger partial charge in [0, 0.05) is 13.0 Å². The Morgan fingerprint density at radius 2 is 2.03 bits per heavy atom. The van der Waals surface area contributed by atoms with Crippen LogP contribution in [-0.2, 0) is 13.1 Å². The summed E-state index contributed by atoms with van der Waals surface area (Å²) in [5, 5.41) is 12.5. The molecule has 7 nitrogen and oxygen atoms in total. The van der Waals surface area contributed by atoms with Crippen LogP contribution in [0.1, 0.15) is 32.1 Å². The molecule has 2 amide bonds. The zero-order valence-electron chi connectivity index (χ0n) is 15.6. The number of alkyl halides is 1. The summed E-state index contributed by atoms with van der Waals surface area (Å²) in [5.74, 6) is -0.507. The summed E-state index contributed by atoms with van der Waals surface area (Å²) >= 11 is 1.34. The molecule has 0 unspecified atom stereocenters. The Labute approximate surface area is 171 Å². The summed E-state index contributed by atoms with van der Waals surface area (Å²) in [6.07, 6.45) is 0.702. The predicted molar refractivity (Wildman–Crippen MR) is 106 cm³/mol. The fourth-order valence-electron chi connectivity index (χ4n) is 3.40. The molecule has 0 bridgehead atoms. The first-order chi connectivity index (χ1) is 14.1. The van der Waals surface area contributed by atoms with Crippen LogP contribution in [0, 0.1) is 0 Å². The second kappa shape index (κ2) is 8.52. The highest BCUT2D eigenvalue weighted by Crippen LogP contribution is 2.25. The van der Waals surface area contributed by atoms with Gasteiger partial charge in [-0.2, -0.15) is 0 Å². The lowest BCUT2D eigenvalue weighted by atomic mass is 10.2. The van der Waals surface area contributed by atoms with Gasteiger partial charge in [-0.15, -0.1) is 16.4 Å². The molecule has 3 aromatic rings. The Kier molecular flexibility index (Phi) is 5.66. The van der Waals surface area contributed by atoms with Gasteiger partial charge in [0.15, 0.2) is 5.69 Å². The molecule has 2 atom stereocenters. The number of rotatable bonds is 6. The van der Waals surface area contributed by atoms with Crippen molar-refractivity contribution < 1.29 is 14.0 Å². The van der Waals surface area contributed by atoms with Crippen LogP contribution in [0.3, 0.4) is 0 Å². The normalized spacial score (nSPS) is 18.7. The van der Waals surface area contributed by atoms with Crippen molar-refractivity contribution in [3.8, 4) is 0 Å². The van der Waals surface area contributed by atoms with Gasteiger partial charge in [-0.1, -0.05) is 41.6 Å². The van der Waals surface area contributed by atoms with Crippen molar-refractivity contribution in [2.75, 3.05) is 6.54 Å². The van der Waals surface area contributed by atoms with Crippen LogP contribution in [0.4, 0.5) is 4.39 Å². The summed E-state index contributed by atoms with van der Waals surface area (Å²) < 4.78 is 15.5. The lowest BCUT2D eigenvalue weighted by Gasteiger charge is -2.23. The van der Waals surface area contributed by atoms with Crippen molar-refractivity contribution >= 4 is 23.2 Å². The molecule has 1 fully saturated rings. The standard InChI is InChI=1S/C20H20FN5O2S/c21-15-9-16(26(11-15)20(28)18-7-4-8-29-18)12-25-13-17(23-24-25)19(27)22-10-14-5-2-1-3-6-14/h1-8,13,15-16H,9-12H2,(H,22,27)/t15-,16-/m0/s1. The topological polar surface area (TPSA) is 80.1 Å². The minimum atomic E-state index is -1.07. The van der Waals surface area contributed by atoms with E-state index in [9.17, 15) is 14.0 Å². The summed E-state index contributed by atoms with van der Waals surface area (Å²) in [7, 11) is 0. The van der Waals surface area contributed by atoms with Gasteiger partial charge in [0.2, 0.25) is 0 Å². The minimum Gasteiger partial charge on any atom is -0.347 e. The molecule has 2 aromatic heterocycles. The Hall–Kier alpha value is -3.07. The third-order valence-electron chi connectivity index (χ3n) is 4.82. The van der Waals surface area contributed by atoms with Gasteiger partial charge in [0.05, 0.1) is 30.2 Å². The first-order valence-corrected chi connectivity index (χ1v) is 10.2. The van der Waals surface area contributed by atoms with Crippen LogP contribution in [-0.4, -0.2) is 50.5 Å². The van der Waals surface area contributed by atoms with E-state index in [0.717, 1.165) is 5.56 Å². The third kappa shape index (κ3) is 4.51. The number of thiophene rings is 1. The van der Waals surface area contributed by atoms with Crippen molar-refractivity contribution in [1.29, 1.82) is 0 Å². The Morgan fingerprint density at radius 3 is 2.79 bits per heavy atom. The summed E-state index contributed by atoms with van der Waals surface area (Å²) in [4.78, 5) is 27.1. The number of hydrogen-bond donors (Lipinski definition) is 1. The number of hydrogen-bond acceptors (Lipinski definition) is 5. The van der Waals surface area contributed by atoms with Gasteiger partial charge in [-0.05, 0) is 17.0 Å². The van der Waals surface area contributed by atoms with Crippen molar-refractivity contribution in [2.24, 2.45) is 0 Å². The monoisotopic (exact) mass is 413 g/mol. The fraction of sp³-hybridized carbons (Fsp3) is 0.300. The molecule has 1 saturated heterocycles. The molecule has 0 aliphatic carbocycles. The van der Waals surface area contributed by atoms with Crippen LogP contribution >= 0.6 is 11.3 Å². The zero-order chi connectivity index (χ0) is 20.2. The summed E-state index contributed by atoms with van der Waals surface area (Å²) in [6.45, 7) is 0.749. The number of benzene rings is 1. The second-order valence-corrected chi connectivity index (χ2v) is 7.86. The van der Waals surface area contributed by atoms with E-state index in [0.29, 0.717) is 11.4 Å². The van der Waals surface area contributed by atoms with Gasteiger partial charge >= 0.3 is 0 Å². The molecule has 0 saturated carbocycles. The van der Waals surface area contributed by atoms with Crippen molar-refractivity contribution in [3.05, 3.63) is 70.2 Å². The van der Waals surface area contributed by atoms with E-state index in [-0.39, 0.29) is 43.1 Å². The zero-order valence-corrected chi connectivity index (χ0v) is 16.4.